The van der Waals surface area contributed by atoms with Gasteiger partial charge < -0.3 is 4.57 Å². The Hall–Kier alpha value is -4.37. The molecule has 6 heteroatoms. The molecular formula is C25H17N5O. The van der Waals surface area contributed by atoms with E-state index >= 15 is 0 Å². The Labute approximate surface area is 178 Å². The molecule has 0 spiro atoms. The second-order valence-electron chi connectivity index (χ2n) is 7.26. The zero-order chi connectivity index (χ0) is 21.4. The summed E-state index contributed by atoms with van der Waals surface area (Å²) in [4.78, 5) is 27.1. The molecule has 0 amide bonds. The molecule has 3 aromatic heterocycles. The van der Waals surface area contributed by atoms with Crippen LogP contribution in [0.1, 0.15) is 22.1 Å². The molecule has 0 unspecified atom stereocenters. The van der Waals surface area contributed by atoms with Crippen LogP contribution < -0.4 is 0 Å². The molecule has 148 valence electrons. The van der Waals surface area contributed by atoms with E-state index in [0.717, 1.165) is 16.6 Å². The van der Waals surface area contributed by atoms with Gasteiger partial charge in [0.15, 0.2) is 11.7 Å². The van der Waals surface area contributed by atoms with Gasteiger partial charge >= 0.3 is 0 Å². The van der Waals surface area contributed by atoms with Crippen LogP contribution in [-0.2, 0) is 7.05 Å². The third-order valence-corrected chi connectivity index (χ3v) is 5.41. The van der Waals surface area contributed by atoms with Crippen LogP contribution in [0.3, 0.4) is 0 Å². The molecule has 0 saturated carbocycles. The second-order valence-corrected chi connectivity index (χ2v) is 7.26. The molecule has 5 aromatic rings. The molecule has 2 aromatic carbocycles. The van der Waals surface area contributed by atoms with Gasteiger partial charge in [-0.05, 0) is 36.4 Å². The number of hydrogen-bond acceptors (Lipinski definition) is 5. The van der Waals surface area contributed by atoms with E-state index in [4.69, 9.17) is 4.98 Å². The second kappa shape index (κ2) is 7.47. The number of benzene rings is 2. The summed E-state index contributed by atoms with van der Waals surface area (Å²) in [6.07, 6.45) is 3.40. The maximum Gasteiger partial charge on any atom is 0.188 e. The largest absolute Gasteiger partial charge is 0.330 e. The molecular weight excluding hydrogens is 386 g/mol. The van der Waals surface area contributed by atoms with Crippen LogP contribution in [0.25, 0.3) is 33.2 Å². The van der Waals surface area contributed by atoms with Gasteiger partial charge in [0, 0.05) is 36.0 Å². The minimum Gasteiger partial charge on any atom is -0.330 e. The number of nitriles is 1. The van der Waals surface area contributed by atoms with Crippen LogP contribution in [0.4, 0.5) is 0 Å². The summed E-state index contributed by atoms with van der Waals surface area (Å²) in [5.74, 6) is -0.910. The summed E-state index contributed by atoms with van der Waals surface area (Å²) in [5.41, 5.74) is 4.21. The van der Waals surface area contributed by atoms with Gasteiger partial charge in [-0.15, -0.1) is 0 Å². The normalized spacial score (nSPS) is 12.0. The Morgan fingerprint density at radius 1 is 1.00 bits per heavy atom. The van der Waals surface area contributed by atoms with E-state index in [1.54, 1.807) is 18.5 Å². The maximum atomic E-state index is 13.7. The maximum absolute atomic E-state index is 13.7. The molecule has 5 rings (SSSR count). The zero-order valence-corrected chi connectivity index (χ0v) is 16.7. The van der Waals surface area contributed by atoms with E-state index in [0.29, 0.717) is 28.0 Å². The summed E-state index contributed by atoms with van der Waals surface area (Å²) in [6.45, 7) is 0. The standard InChI is InChI=1S/C25H17N5O/c1-30-23-11-5-4-10-21(23)29-25(30)19(14-26)24(31)18-13-22(16-7-6-12-27-15-16)28-20-9-3-2-8-17(18)20/h2-13,15,19H,1H3/t19-/m1/s1. The van der Waals surface area contributed by atoms with E-state index in [1.165, 1.54) is 0 Å². The van der Waals surface area contributed by atoms with Crippen LogP contribution >= 0.6 is 0 Å². The van der Waals surface area contributed by atoms with Crippen molar-refractivity contribution in [1.82, 2.24) is 19.5 Å². The minimum atomic E-state index is -1.04. The van der Waals surface area contributed by atoms with Gasteiger partial charge in [0.25, 0.3) is 0 Å². The number of carbonyl (C=O) groups is 1. The number of para-hydroxylation sites is 3. The van der Waals surface area contributed by atoms with Gasteiger partial charge in [0.1, 0.15) is 5.82 Å². The molecule has 1 atom stereocenters. The van der Waals surface area contributed by atoms with Crippen molar-refractivity contribution in [3.05, 3.63) is 90.5 Å². The van der Waals surface area contributed by atoms with Crippen LogP contribution in [-0.4, -0.2) is 25.3 Å². The first kappa shape index (κ1) is 18.6. The fraction of sp³-hybridized carbons (Fsp3) is 0.0800. The quantitative estimate of drug-likeness (QED) is 0.407. The third-order valence-electron chi connectivity index (χ3n) is 5.41. The lowest BCUT2D eigenvalue weighted by Gasteiger charge is -2.12. The minimum absolute atomic E-state index is 0.301. The molecule has 3 heterocycles. The highest BCUT2D eigenvalue weighted by molar-refractivity contribution is 6.12. The smallest absolute Gasteiger partial charge is 0.188 e. The van der Waals surface area contributed by atoms with Crippen molar-refractivity contribution in [3.8, 4) is 17.3 Å². The Morgan fingerprint density at radius 3 is 2.52 bits per heavy atom. The molecule has 6 nitrogen and oxygen atoms in total. The molecule has 0 aliphatic carbocycles. The summed E-state index contributed by atoms with van der Waals surface area (Å²) >= 11 is 0. The molecule has 0 bridgehead atoms. The third kappa shape index (κ3) is 3.13. The van der Waals surface area contributed by atoms with E-state index in [2.05, 4.69) is 16.0 Å². The number of rotatable bonds is 4. The van der Waals surface area contributed by atoms with Crippen molar-refractivity contribution in [1.29, 1.82) is 5.26 Å². The lowest BCUT2D eigenvalue weighted by Crippen LogP contribution is -2.16. The highest BCUT2D eigenvalue weighted by Gasteiger charge is 2.28. The van der Waals surface area contributed by atoms with E-state index < -0.39 is 5.92 Å². The number of fused-ring (bicyclic) bond motifs is 2. The van der Waals surface area contributed by atoms with Crippen molar-refractivity contribution in [2.24, 2.45) is 7.05 Å². The highest BCUT2D eigenvalue weighted by atomic mass is 16.1. The average molecular weight is 403 g/mol. The molecule has 0 radical (unpaired) electrons. The Kier molecular flexibility index (Phi) is 4.49. The number of nitrogens with zero attached hydrogens (tertiary/aromatic N) is 5. The fourth-order valence-electron chi connectivity index (χ4n) is 3.85. The van der Waals surface area contributed by atoms with Crippen LogP contribution in [0, 0.1) is 11.3 Å². The lowest BCUT2D eigenvalue weighted by molar-refractivity contribution is 0.0977. The topological polar surface area (TPSA) is 84.5 Å². The first-order valence-electron chi connectivity index (χ1n) is 9.83. The molecule has 0 aliphatic heterocycles. The molecule has 0 fully saturated rings. The number of imidazole rings is 1. The van der Waals surface area contributed by atoms with E-state index in [1.807, 2.05) is 72.3 Å². The number of Topliss-reactive ketones (excluding diaryl/α,β-unsaturated/α-hetero) is 1. The van der Waals surface area contributed by atoms with Gasteiger partial charge in [0.05, 0.1) is 28.3 Å². The molecule has 0 aliphatic rings. The van der Waals surface area contributed by atoms with Gasteiger partial charge in [0.2, 0.25) is 0 Å². The zero-order valence-electron chi connectivity index (χ0n) is 16.7. The first-order valence-corrected chi connectivity index (χ1v) is 9.83. The Balaban J connectivity index is 1.69. The van der Waals surface area contributed by atoms with Gasteiger partial charge in [-0.2, -0.15) is 5.26 Å². The van der Waals surface area contributed by atoms with Gasteiger partial charge in [-0.1, -0.05) is 30.3 Å². The van der Waals surface area contributed by atoms with E-state index in [-0.39, 0.29) is 5.78 Å². The van der Waals surface area contributed by atoms with Crippen molar-refractivity contribution in [2.75, 3.05) is 0 Å². The van der Waals surface area contributed by atoms with Gasteiger partial charge in [-0.3, -0.25) is 9.78 Å². The summed E-state index contributed by atoms with van der Waals surface area (Å²) in [7, 11) is 1.83. The van der Waals surface area contributed by atoms with Crippen LogP contribution in [0.5, 0.6) is 0 Å². The monoisotopic (exact) mass is 403 g/mol. The van der Waals surface area contributed by atoms with E-state index in [9.17, 15) is 10.1 Å². The number of hydrogen-bond donors (Lipinski definition) is 0. The lowest BCUT2D eigenvalue weighted by atomic mass is 9.94. The number of pyridine rings is 2. The molecule has 31 heavy (non-hydrogen) atoms. The SMILES string of the molecule is Cn1c([C@H](C#N)C(=O)c2cc(-c3cccnc3)nc3ccccc23)nc2ccccc21. The number of aryl methyl sites for hydroxylation is 1. The molecule has 0 N–H and O–H groups in total. The predicted molar refractivity (Wildman–Crippen MR) is 118 cm³/mol. The average Bonchev–Trinajstić information content (AvgIpc) is 3.15. The highest BCUT2D eigenvalue weighted by Crippen LogP contribution is 2.30. The van der Waals surface area contributed by atoms with Gasteiger partial charge in [-0.25, -0.2) is 9.97 Å². The first-order chi connectivity index (χ1) is 15.2. The predicted octanol–water partition coefficient (Wildman–Crippen LogP) is 4.67. The van der Waals surface area contributed by atoms with Crippen molar-refractivity contribution in [3.63, 3.8) is 0 Å². The summed E-state index contributed by atoms with van der Waals surface area (Å²) in [5, 5.41) is 10.7. The van der Waals surface area contributed by atoms with Crippen molar-refractivity contribution >= 4 is 27.7 Å². The van der Waals surface area contributed by atoms with Crippen molar-refractivity contribution < 1.29 is 4.79 Å². The Bertz CT molecular complexity index is 1480. The fourth-order valence-corrected chi connectivity index (χ4v) is 3.85. The summed E-state index contributed by atoms with van der Waals surface area (Å²) < 4.78 is 1.81. The number of aromatic nitrogens is 4. The number of ketones is 1. The van der Waals surface area contributed by atoms with Crippen molar-refractivity contribution in [2.45, 2.75) is 5.92 Å². The summed E-state index contributed by atoms with van der Waals surface area (Å²) in [6, 6.07) is 22.7. The molecule has 0 saturated heterocycles. The van der Waals surface area contributed by atoms with Crippen LogP contribution in [0.15, 0.2) is 79.1 Å². The number of carbonyl (C=O) groups excluding carboxylic acids is 1. The Morgan fingerprint density at radius 2 is 1.77 bits per heavy atom. The van der Waals surface area contributed by atoms with Crippen LogP contribution in [0.2, 0.25) is 0 Å².